The molecule has 0 radical (unpaired) electrons. The first-order chi connectivity index (χ1) is 8.63. The van der Waals surface area contributed by atoms with Crippen LogP contribution in [-0.4, -0.2) is 49.6 Å². The molecule has 2 rings (SSSR count). The number of ether oxygens (including phenoxy) is 1. The van der Waals surface area contributed by atoms with Crippen molar-refractivity contribution in [1.82, 2.24) is 24.8 Å². The van der Waals surface area contributed by atoms with E-state index in [4.69, 9.17) is 9.84 Å². The Labute approximate surface area is 103 Å². The number of hydrogen-bond acceptors (Lipinski definition) is 5. The van der Waals surface area contributed by atoms with Crippen molar-refractivity contribution < 1.29 is 14.6 Å². The number of methoxy groups -OCH3 is 1. The summed E-state index contributed by atoms with van der Waals surface area (Å²) < 4.78 is 8.05. The predicted octanol–water partition coefficient (Wildman–Crippen LogP) is 0.0232. The smallest absolute Gasteiger partial charge is 0.358 e. The average molecular weight is 251 g/mol. The van der Waals surface area contributed by atoms with E-state index in [1.165, 1.54) is 4.68 Å². The Morgan fingerprint density at radius 2 is 2.33 bits per heavy atom. The van der Waals surface area contributed by atoms with Crippen molar-refractivity contribution >= 4 is 5.97 Å². The van der Waals surface area contributed by atoms with Gasteiger partial charge in [-0.1, -0.05) is 5.21 Å². The highest BCUT2D eigenvalue weighted by Crippen LogP contribution is 2.21. The Morgan fingerprint density at radius 3 is 2.89 bits per heavy atom. The Balaban J connectivity index is 2.46. The second-order valence-electron chi connectivity index (χ2n) is 3.71. The van der Waals surface area contributed by atoms with E-state index < -0.39 is 5.97 Å². The SMILES string of the molecule is COCCn1nnc(C(=O)O)c1-c1cnn(C)c1. The van der Waals surface area contributed by atoms with Crippen LogP contribution >= 0.6 is 0 Å². The van der Waals surface area contributed by atoms with Gasteiger partial charge in [0.2, 0.25) is 0 Å². The van der Waals surface area contributed by atoms with Gasteiger partial charge in [-0.15, -0.1) is 5.10 Å². The molecule has 8 heteroatoms. The zero-order valence-corrected chi connectivity index (χ0v) is 10.1. The minimum absolute atomic E-state index is 0.0842. The number of nitrogens with zero attached hydrogens (tertiary/aromatic N) is 5. The summed E-state index contributed by atoms with van der Waals surface area (Å²) in [7, 11) is 3.33. The van der Waals surface area contributed by atoms with Gasteiger partial charge < -0.3 is 9.84 Å². The predicted molar refractivity (Wildman–Crippen MR) is 61.1 cm³/mol. The van der Waals surface area contributed by atoms with Crippen molar-refractivity contribution in [2.75, 3.05) is 13.7 Å². The summed E-state index contributed by atoms with van der Waals surface area (Å²) in [5.41, 5.74) is 1.02. The van der Waals surface area contributed by atoms with Crippen molar-refractivity contribution in [2.45, 2.75) is 6.54 Å². The van der Waals surface area contributed by atoms with Crippen molar-refractivity contribution in [2.24, 2.45) is 7.05 Å². The van der Waals surface area contributed by atoms with Crippen molar-refractivity contribution in [1.29, 1.82) is 0 Å². The van der Waals surface area contributed by atoms with Crippen LogP contribution in [0.5, 0.6) is 0 Å². The first kappa shape index (κ1) is 12.2. The Bertz CT molecular complexity index is 560. The van der Waals surface area contributed by atoms with Gasteiger partial charge in [0.15, 0.2) is 5.69 Å². The van der Waals surface area contributed by atoms with Gasteiger partial charge in [-0.25, -0.2) is 9.48 Å². The van der Waals surface area contributed by atoms with Gasteiger partial charge in [-0.05, 0) is 0 Å². The summed E-state index contributed by atoms with van der Waals surface area (Å²) >= 11 is 0. The summed E-state index contributed by atoms with van der Waals surface area (Å²) in [5, 5.41) is 20.6. The van der Waals surface area contributed by atoms with E-state index in [0.29, 0.717) is 24.4 Å². The van der Waals surface area contributed by atoms with E-state index in [0.717, 1.165) is 0 Å². The quantitative estimate of drug-likeness (QED) is 0.805. The minimum Gasteiger partial charge on any atom is -0.476 e. The van der Waals surface area contributed by atoms with Crippen LogP contribution in [0, 0.1) is 0 Å². The molecule has 2 aromatic rings. The second kappa shape index (κ2) is 4.96. The van der Waals surface area contributed by atoms with E-state index in [9.17, 15) is 4.79 Å². The fraction of sp³-hybridized carbons (Fsp3) is 0.400. The summed E-state index contributed by atoms with van der Waals surface area (Å²) in [6, 6.07) is 0. The van der Waals surface area contributed by atoms with Gasteiger partial charge >= 0.3 is 5.97 Å². The molecule has 96 valence electrons. The van der Waals surface area contributed by atoms with Crippen LogP contribution in [0.1, 0.15) is 10.5 Å². The van der Waals surface area contributed by atoms with Crippen molar-refractivity contribution in [3.63, 3.8) is 0 Å². The Kier molecular flexibility index (Phi) is 3.38. The summed E-state index contributed by atoms with van der Waals surface area (Å²) in [6.45, 7) is 0.858. The summed E-state index contributed by atoms with van der Waals surface area (Å²) in [5.74, 6) is -1.11. The highest BCUT2D eigenvalue weighted by Gasteiger charge is 2.21. The molecule has 2 heterocycles. The largest absolute Gasteiger partial charge is 0.476 e. The van der Waals surface area contributed by atoms with Crippen molar-refractivity contribution in [3.05, 3.63) is 18.1 Å². The number of aromatic carboxylic acids is 1. The van der Waals surface area contributed by atoms with Crippen molar-refractivity contribution in [3.8, 4) is 11.3 Å². The van der Waals surface area contributed by atoms with Gasteiger partial charge in [0, 0.05) is 25.9 Å². The fourth-order valence-electron chi connectivity index (χ4n) is 1.62. The Morgan fingerprint density at radius 1 is 1.56 bits per heavy atom. The lowest BCUT2D eigenvalue weighted by Crippen LogP contribution is -2.08. The van der Waals surface area contributed by atoms with E-state index in [1.807, 2.05) is 0 Å². The zero-order chi connectivity index (χ0) is 13.1. The molecule has 0 atom stereocenters. The first-order valence-electron chi connectivity index (χ1n) is 5.28. The van der Waals surface area contributed by atoms with E-state index in [2.05, 4.69) is 15.4 Å². The fourth-order valence-corrected chi connectivity index (χ4v) is 1.62. The zero-order valence-electron chi connectivity index (χ0n) is 10.1. The lowest BCUT2D eigenvalue weighted by Gasteiger charge is -2.04. The molecule has 0 saturated heterocycles. The monoisotopic (exact) mass is 251 g/mol. The van der Waals surface area contributed by atoms with Crippen LogP contribution in [-0.2, 0) is 18.3 Å². The van der Waals surface area contributed by atoms with Gasteiger partial charge in [-0.2, -0.15) is 5.10 Å². The number of carboxylic acids is 1. The standard InChI is InChI=1S/C10H13N5O3/c1-14-6-7(5-11-14)9-8(10(16)17)12-13-15(9)3-4-18-2/h5-6H,3-4H2,1-2H3,(H,16,17). The molecule has 1 N–H and O–H groups in total. The average Bonchev–Trinajstić information content (AvgIpc) is 2.91. The second-order valence-corrected chi connectivity index (χ2v) is 3.71. The van der Waals surface area contributed by atoms with Crippen LogP contribution < -0.4 is 0 Å². The molecule has 0 unspecified atom stereocenters. The minimum atomic E-state index is -1.11. The maximum Gasteiger partial charge on any atom is 0.358 e. The maximum atomic E-state index is 11.1. The van der Waals surface area contributed by atoms with E-state index in [1.54, 1.807) is 31.2 Å². The lowest BCUT2D eigenvalue weighted by atomic mass is 10.2. The summed E-state index contributed by atoms with van der Waals surface area (Å²) in [6.07, 6.45) is 3.29. The number of carbonyl (C=O) groups is 1. The molecule has 2 aromatic heterocycles. The first-order valence-corrected chi connectivity index (χ1v) is 5.28. The van der Waals surface area contributed by atoms with Crippen LogP contribution in [0.2, 0.25) is 0 Å². The molecule has 0 bridgehead atoms. The molecule has 18 heavy (non-hydrogen) atoms. The molecular weight excluding hydrogens is 238 g/mol. The molecule has 0 aliphatic heterocycles. The molecule has 0 aliphatic carbocycles. The molecular formula is C10H13N5O3. The third-order valence-corrected chi connectivity index (χ3v) is 2.42. The number of rotatable bonds is 5. The summed E-state index contributed by atoms with van der Waals surface area (Å²) in [4.78, 5) is 11.1. The van der Waals surface area contributed by atoms with Gasteiger partial charge in [0.1, 0.15) is 5.69 Å². The Hall–Kier alpha value is -2.22. The third-order valence-electron chi connectivity index (χ3n) is 2.42. The number of aryl methyl sites for hydroxylation is 1. The van der Waals surface area contributed by atoms with Gasteiger partial charge in [-0.3, -0.25) is 4.68 Å². The molecule has 0 amide bonds. The third kappa shape index (κ3) is 2.23. The number of carboxylic acid groups (broad SMARTS) is 1. The van der Waals surface area contributed by atoms with Crippen LogP contribution in [0.15, 0.2) is 12.4 Å². The molecule has 0 aromatic carbocycles. The number of aromatic nitrogens is 5. The normalized spacial score (nSPS) is 10.8. The molecule has 0 aliphatic rings. The molecule has 0 fully saturated rings. The highest BCUT2D eigenvalue weighted by atomic mass is 16.5. The van der Waals surface area contributed by atoms with Crippen LogP contribution in [0.3, 0.4) is 0 Å². The maximum absolute atomic E-state index is 11.1. The van der Waals surface area contributed by atoms with Gasteiger partial charge in [0.25, 0.3) is 0 Å². The highest BCUT2D eigenvalue weighted by molar-refractivity contribution is 5.92. The molecule has 0 spiro atoms. The lowest BCUT2D eigenvalue weighted by molar-refractivity contribution is 0.0691. The van der Waals surface area contributed by atoms with Crippen LogP contribution in [0.4, 0.5) is 0 Å². The van der Waals surface area contributed by atoms with Crippen LogP contribution in [0.25, 0.3) is 11.3 Å². The van der Waals surface area contributed by atoms with E-state index in [-0.39, 0.29) is 5.69 Å². The topological polar surface area (TPSA) is 95.1 Å². The number of hydrogen-bond donors (Lipinski definition) is 1. The molecule has 8 nitrogen and oxygen atoms in total. The molecule has 0 saturated carbocycles. The van der Waals surface area contributed by atoms with Gasteiger partial charge in [0.05, 0.1) is 19.3 Å². The van der Waals surface area contributed by atoms with E-state index >= 15 is 0 Å².